The van der Waals surface area contributed by atoms with Crippen LogP contribution in [0.4, 0.5) is 0 Å². The first-order chi connectivity index (χ1) is 11.8. The number of aromatic amines is 1. The van der Waals surface area contributed by atoms with Crippen molar-refractivity contribution in [2.45, 2.75) is 19.3 Å². The summed E-state index contributed by atoms with van der Waals surface area (Å²) in [5, 5.41) is 0. The zero-order chi connectivity index (χ0) is 16.4. The van der Waals surface area contributed by atoms with Crippen LogP contribution in [0, 0.1) is 0 Å². The lowest BCUT2D eigenvalue weighted by molar-refractivity contribution is 0.414. The fraction of sp³-hybridized carbons (Fsp3) is 0.190. The average molecular weight is 316 g/mol. The number of aromatic nitrogens is 2. The number of methoxy groups -OCH3 is 1. The van der Waals surface area contributed by atoms with Crippen LogP contribution in [0.1, 0.15) is 28.8 Å². The summed E-state index contributed by atoms with van der Waals surface area (Å²) in [5.74, 6) is 0.928. The summed E-state index contributed by atoms with van der Waals surface area (Å²) in [4.78, 5) is 7.47. The number of benzene rings is 2. The highest BCUT2D eigenvalue weighted by Gasteiger charge is 2.21. The normalized spacial score (nSPS) is 13.7. The van der Waals surface area contributed by atoms with Crippen LogP contribution in [0.3, 0.4) is 0 Å². The van der Waals surface area contributed by atoms with E-state index in [2.05, 4.69) is 58.5 Å². The van der Waals surface area contributed by atoms with Gasteiger partial charge in [-0.1, -0.05) is 42.0 Å². The molecular weight excluding hydrogens is 296 g/mol. The number of rotatable bonds is 4. The molecule has 0 spiro atoms. The van der Waals surface area contributed by atoms with Gasteiger partial charge in [-0.2, -0.15) is 0 Å². The zero-order valence-corrected chi connectivity index (χ0v) is 13.8. The van der Waals surface area contributed by atoms with Crippen LogP contribution in [0.5, 0.6) is 5.75 Å². The van der Waals surface area contributed by atoms with Crippen molar-refractivity contribution in [2.24, 2.45) is 0 Å². The van der Waals surface area contributed by atoms with E-state index < -0.39 is 0 Å². The Morgan fingerprint density at radius 1 is 1.08 bits per heavy atom. The molecule has 3 nitrogen and oxygen atoms in total. The Bertz CT molecular complexity index is 864. The van der Waals surface area contributed by atoms with Gasteiger partial charge in [0.25, 0.3) is 0 Å². The smallest absolute Gasteiger partial charge is 0.119 e. The highest BCUT2D eigenvalue weighted by atomic mass is 16.5. The number of hydrogen-bond donors (Lipinski definition) is 1. The van der Waals surface area contributed by atoms with E-state index in [0.29, 0.717) is 0 Å². The largest absolute Gasteiger partial charge is 0.497 e. The van der Waals surface area contributed by atoms with Gasteiger partial charge >= 0.3 is 0 Å². The molecule has 1 aliphatic rings. The molecule has 0 atom stereocenters. The molecule has 4 rings (SSSR count). The van der Waals surface area contributed by atoms with Crippen molar-refractivity contribution < 1.29 is 4.74 Å². The van der Waals surface area contributed by atoms with Gasteiger partial charge in [0, 0.05) is 12.6 Å². The Morgan fingerprint density at radius 2 is 1.96 bits per heavy atom. The number of allylic oxidation sites excluding steroid dienone is 1. The summed E-state index contributed by atoms with van der Waals surface area (Å²) in [6, 6.07) is 17.1. The molecule has 3 aromatic rings. The Labute approximate surface area is 142 Å². The maximum Gasteiger partial charge on any atom is 0.119 e. The van der Waals surface area contributed by atoms with Gasteiger partial charge < -0.3 is 9.72 Å². The van der Waals surface area contributed by atoms with Crippen LogP contribution in [0.15, 0.2) is 66.6 Å². The predicted molar refractivity (Wildman–Crippen MR) is 96.1 cm³/mol. The van der Waals surface area contributed by atoms with Gasteiger partial charge in [-0.3, -0.25) is 0 Å². The molecule has 0 saturated carbocycles. The standard InChI is InChI=1S/C21H20N2O/c1-24-19-9-10-20-16(12-19)7-8-17(11-18-13-22-14-23-18)21(20)15-5-3-2-4-6-15/h2-6,9-10,12-14H,7-8,11H2,1H3,(H,22,23). The van der Waals surface area contributed by atoms with E-state index in [4.69, 9.17) is 4.74 Å². The van der Waals surface area contributed by atoms with Crippen molar-refractivity contribution in [1.82, 2.24) is 9.97 Å². The Kier molecular flexibility index (Phi) is 3.91. The molecule has 0 unspecified atom stereocenters. The molecule has 3 heteroatoms. The molecule has 1 aromatic heterocycles. The summed E-state index contributed by atoms with van der Waals surface area (Å²) in [6.45, 7) is 0. The van der Waals surface area contributed by atoms with E-state index in [-0.39, 0.29) is 0 Å². The third-order valence-electron chi connectivity index (χ3n) is 4.64. The maximum absolute atomic E-state index is 5.40. The number of H-pyrrole nitrogens is 1. The minimum atomic E-state index is 0.888. The fourth-order valence-electron chi connectivity index (χ4n) is 3.50. The van der Waals surface area contributed by atoms with Gasteiger partial charge in [-0.05, 0) is 47.2 Å². The second kappa shape index (κ2) is 6.36. The predicted octanol–water partition coefficient (Wildman–Crippen LogP) is 4.41. The lowest BCUT2D eigenvalue weighted by atomic mass is 9.80. The van der Waals surface area contributed by atoms with Gasteiger partial charge in [-0.15, -0.1) is 0 Å². The molecule has 0 fully saturated rings. The molecule has 0 radical (unpaired) electrons. The van der Waals surface area contributed by atoms with Crippen molar-refractivity contribution >= 4 is 5.57 Å². The van der Waals surface area contributed by atoms with Crippen LogP contribution in [-0.4, -0.2) is 17.1 Å². The zero-order valence-electron chi connectivity index (χ0n) is 13.8. The highest BCUT2D eigenvalue weighted by molar-refractivity contribution is 5.85. The molecule has 24 heavy (non-hydrogen) atoms. The number of hydrogen-bond acceptors (Lipinski definition) is 2. The molecular formula is C21H20N2O. The van der Waals surface area contributed by atoms with Gasteiger partial charge in [0.1, 0.15) is 5.75 Å². The van der Waals surface area contributed by atoms with Crippen LogP contribution in [-0.2, 0) is 12.8 Å². The minimum Gasteiger partial charge on any atom is -0.497 e. The second-order valence-corrected chi connectivity index (χ2v) is 6.10. The molecule has 0 bridgehead atoms. The van der Waals surface area contributed by atoms with E-state index in [1.165, 1.54) is 27.8 Å². The van der Waals surface area contributed by atoms with Crippen LogP contribution in [0.25, 0.3) is 5.57 Å². The lowest BCUT2D eigenvalue weighted by Gasteiger charge is -2.24. The number of imidazole rings is 1. The van der Waals surface area contributed by atoms with Crippen LogP contribution >= 0.6 is 0 Å². The maximum atomic E-state index is 5.40. The molecule has 2 aromatic carbocycles. The molecule has 120 valence electrons. The topological polar surface area (TPSA) is 37.9 Å². The number of fused-ring (bicyclic) bond motifs is 1. The van der Waals surface area contributed by atoms with Gasteiger partial charge in [0.2, 0.25) is 0 Å². The van der Waals surface area contributed by atoms with Crippen molar-refractivity contribution in [3.63, 3.8) is 0 Å². The first-order valence-electron chi connectivity index (χ1n) is 8.27. The second-order valence-electron chi connectivity index (χ2n) is 6.10. The third-order valence-corrected chi connectivity index (χ3v) is 4.64. The first kappa shape index (κ1) is 14.8. The van der Waals surface area contributed by atoms with E-state index in [9.17, 15) is 0 Å². The Morgan fingerprint density at radius 3 is 2.71 bits per heavy atom. The number of nitrogens with zero attached hydrogens (tertiary/aromatic N) is 1. The number of ether oxygens (including phenoxy) is 1. The number of nitrogens with one attached hydrogen (secondary N) is 1. The van der Waals surface area contributed by atoms with E-state index in [1.54, 1.807) is 13.4 Å². The van der Waals surface area contributed by atoms with Gasteiger partial charge in [-0.25, -0.2) is 4.98 Å². The summed E-state index contributed by atoms with van der Waals surface area (Å²) in [7, 11) is 1.72. The van der Waals surface area contributed by atoms with Crippen molar-refractivity contribution in [1.29, 1.82) is 0 Å². The fourth-order valence-corrected chi connectivity index (χ4v) is 3.50. The van der Waals surface area contributed by atoms with Crippen molar-refractivity contribution in [3.05, 3.63) is 89.0 Å². The van der Waals surface area contributed by atoms with Crippen molar-refractivity contribution in [2.75, 3.05) is 7.11 Å². The van der Waals surface area contributed by atoms with Crippen molar-refractivity contribution in [3.8, 4) is 5.75 Å². The SMILES string of the molecule is COc1ccc2c(c1)CCC(Cc1c[nH]cn1)=C2c1ccccc1. The lowest BCUT2D eigenvalue weighted by Crippen LogP contribution is -2.09. The summed E-state index contributed by atoms with van der Waals surface area (Å²) < 4.78 is 5.40. The monoisotopic (exact) mass is 316 g/mol. The van der Waals surface area contributed by atoms with Crippen LogP contribution < -0.4 is 4.74 Å². The quantitative estimate of drug-likeness (QED) is 0.774. The molecule has 1 N–H and O–H groups in total. The highest BCUT2D eigenvalue weighted by Crippen LogP contribution is 2.38. The van der Waals surface area contributed by atoms with E-state index in [1.807, 2.05) is 6.20 Å². The summed E-state index contributed by atoms with van der Waals surface area (Å²) >= 11 is 0. The summed E-state index contributed by atoms with van der Waals surface area (Å²) in [6.07, 6.45) is 6.72. The summed E-state index contributed by atoms with van der Waals surface area (Å²) in [5.41, 5.74) is 7.84. The van der Waals surface area contributed by atoms with Crippen LogP contribution in [0.2, 0.25) is 0 Å². The third kappa shape index (κ3) is 2.73. The van der Waals surface area contributed by atoms with E-state index >= 15 is 0 Å². The van der Waals surface area contributed by atoms with Gasteiger partial charge in [0.15, 0.2) is 0 Å². The van der Waals surface area contributed by atoms with Gasteiger partial charge in [0.05, 0.1) is 19.1 Å². The number of aryl methyl sites for hydroxylation is 1. The average Bonchev–Trinajstić information content (AvgIpc) is 3.15. The Hall–Kier alpha value is -2.81. The molecule has 1 heterocycles. The van der Waals surface area contributed by atoms with E-state index in [0.717, 1.165) is 30.7 Å². The Balaban J connectivity index is 1.86. The molecule has 0 aliphatic heterocycles. The molecule has 1 aliphatic carbocycles. The minimum absolute atomic E-state index is 0.888. The molecule has 0 saturated heterocycles. The first-order valence-corrected chi connectivity index (χ1v) is 8.27. The molecule has 0 amide bonds.